The number of anilines is 2. The van der Waals surface area contributed by atoms with Gasteiger partial charge in [0.15, 0.2) is 10.9 Å². The summed E-state index contributed by atoms with van der Waals surface area (Å²) in [7, 11) is 0. The van der Waals surface area contributed by atoms with Crippen molar-refractivity contribution in [1.29, 1.82) is 0 Å². The number of nitrogens with one attached hydrogen (secondary N) is 1. The highest BCUT2D eigenvalue weighted by Crippen LogP contribution is 2.43. The number of hydrogen-bond acceptors (Lipinski definition) is 9. The third-order valence-electron chi connectivity index (χ3n) is 8.18. The first-order valence-corrected chi connectivity index (χ1v) is 15.0. The number of rotatable bonds is 6. The van der Waals surface area contributed by atoms with Crippen LogP contribution in [0.4, 0.5) is 24.1 Å². The van der Waals surface area contributed by atoms with Gasteiger partial charge in [-0.15, -0.1) is 0 Å². The van der Waals surface area contributed by atoms with E-state index in [2.05, 4.69) is 20.2 Å². The van der Waals surface area contributed by atoms with Gasteiger partial charge in [-0.3, -0.25) is 4.90 Å². The van der Waals surface area contributed by atoms with Gasteiger partial charge >= 0.3 is 6.01 Å². The van der Waals surface area contributed by atoms with Gasteiger partial charge in [0.2, 0.25) is 0 Å². The number of hydrogen-bond donors (Lipinski definition) is 2. The third-order valence-corrected chi connectivity index (χ3v) is 9.37. The predicted molar refractivity (Wildman–Crippen MR) is 156 cm³/mol. The summed E-state index contributed by atoms with van der Waals surface area (Å²) >= 11 is 7.75. The molecule has 7 rings (SSSR count). The van der Waals surface area contributed by atoms with Crippen LogP contribution >= 0.6 is 22.9 Å². The van der Waals surface area contributed by atoms with E-state index < -0.39 is 17.8 Å². The number of thiazole rings is 1. The summed E-state index contributed by atoms with van der Waals surface area (Å²) in [5.41, 5.74) is 6.55. The summed E-state index contributed by atoms with van der Waals surface area (Å²) in [6.45, 7) is 4.82. The molecule has 3 saturated heterocycles. The normalized spacial score (nSPS) is 23.6. The first-order valence-electron chi connectivity index (χ1n) is 13.8. The summed E-state index contributed by atoms with van der Waals surface area (Å²) in [5.74, 6) is -0.615. The molecule has 0 amide bonds. The number of nitrogens with zero attached hydrogens (tertiary/aromatic N) is 5. The second kappa shape index (κ2) is 10.4. The number of aromatic nitrogens is 3. The van der Waals surface area contributed by atoms with Crippen molar-refractivity contribution in [3.8, 4) is 17.1 Å². The van der Waals surface area contributed by atoms with E-state index in [4.69, 9.17) is 27.1 Å². The fraction of sp³-hybridized carbons (Fsp3) is 0.464. The molecule has 2 aromatic carbocycles. The Kier molecular flexibility index (Phi) is 6.84. The lowest BCUT2D eigenvalue weighted by Crippen LogP contribution is -2.51. The van der Waals surface area contributed by atoms with Crippen LogP contribution in [0.3, 0.4) is 0 Å². The number of alkyl halides is 1. The van der Waals surface area contributed by atoms with Crippen LogP contribution in [-0.4, -0.2) is 76.9 Å². The van der Waals surface area contributed by atoms with Crippen LogP contribution in [-0.2, 0) is 0 Å². The number of fused-ring (bicyclic) bond motifs is 4. The Hall–Kier alpha value is -2.93. The molecule has 13 heteroatoms. The predicted octanol–water partition coefficient (Wildman–Crippen LogP) is 5.17. The molecule has 8 nitrogen and oxygen atoms in total. The molecule has 5 heterocycles. The fourth-order valence-corrected chi connectivity index (χ4v) is 7.45. The zero-order chi connectivity index (χ0) is 28.4. The van der Waals surface area contributed by atoms with Crippen molar-refractivity contribution < 1.29 is 17.9 Å². The molecule has 3 unspecified atom stereocenters. The van der Waals surface area contributed by atoms with E-state index in [1.165, 1.54) is 12.1 Å². The van der Waals surface area contributed by atoms with Gasteiger partial charge in [0.1, 0.15) is 29.4 Å². The van der Waals surface area contributed by atoms with Crippen LogP contribution in [0.1, 0.15) is 26.2 Å². The lowest BCUT2D eigenvalue weighted by Gasteiger charge is -2.34. The van der Waals surface area contributed by atoms with Crippen molar-refractivity contribution >= 4 is 55.0 Å². The standard InChI is InChI=1S/C28H29ClF3N7OS/c1-13(9-38-7-6-14(30)10-38)40-28-36-23-18(26(37-28)39-11-15-2-3-16(12-39)34-15)8-19(29)21(22(23)32)17-4-5-20(31)25-24(17)35-27(33)41-25/h4-5,8,13-16,34H,2-3,6-7,9-12H2,1H3,(H2,33,35)/t13-,14?,15?,16?/m0/s1. The van der Waals surface area contributed by atoms with Crippen LogP contribution in [0.25, 0.3) is 32.2 Å². The Morgan fingerprint density at radius 1 is 1.12 bits per heavy atom. The Morgan fingerprint density at radius 3 is 2.63 bits per heavy atom. The first kappa shape index (κ1) is 26.9. The topological polar surface area (TPSA) is 92.4 Å². The van der Waals surface area contributed by atoms with E-state index in [1.807, 2.05) is 11.8 Å². The Bertz CT molecular complexity index is 1640. The van der Waals surface area contributed by atoms with Gasteiger partial charge in [-0.25, -0.2) is 18.2 Å². The molecule has 0 aliphatic carbocycles. The molecule has 2 bridgehead atoms. The summed E-state index contributed by atoms with van der Waals surface area (Å²) in [4.78, 5) is 17.7. The molecule has 3 aliphatic rings. The molecule has 41 heavy (non-hydrogen) atoms. The van der Waals surface area contributed by atoms with E-state index in [0.29, 0.717) is 68.0 Å². The molecule has 0 radical (unpaired) electrons. The molecule has 0 saturated carbocycles. The van der Waals surface area contributed by atoms with E-state index in [-0.39, 0.29) is 43.6 Å². The maximum Gasteiger partial charge on any atom is 0.319 e. The lowest BCUT2D eigenvalue weighted by molar-refractivity contribution is 0.146. The van der Waals surface area contributed by atoms with Gasteiger partial charge in [-0.2, -0.15) is 9.97 Å². The average molecular weight is 604 g/mol. The van der Waals surface area contributed by atoms with Gasteiger partial charge in [0, 0.05) is 61.3 Å². The Balaban J connectivity index is 1.35. The van der Waals surface area contributed by atoms with Gasteiger partial charge < -0.3 is 20.7 Å². The maximum absolute atomic E-state index is 16.6. The van der Waals surface area contributed by atoms with Crippen LogP contribution in [0.2, 0.25) is 5.02 Å². The van der Waals surface area contributed by atoms with Crippen molar-refractivity contribution in [2.75, 3.05) is 43.4 Å². The van der Waals surface area contributed by atoms with Crippen LogP contribution in [0.15, 0.2) is 18.2 Å². The van der Waals surface area contributed by atoms with Crippen molar-refractivity contribution in [2.24, 2.45) is 0 Å². The van der Waals surface area contributed by atoms with Crippen molar-refractivity contribution in [1.82, 2.24) is 25.2 Å². The Labute approximate surface area is 243 Å². The fourth-order valence-electron chi connectivity index (χ4n) is 6.40. The number of nitrogens with two attached hydrogens (primary N) is 1. The number of piperazine rings is 1. The van der Waals surface area contributed by atoms with Crippen LogP contribution in [0, 0.1) is 11.6 Å². The zero-order valence-corrected chi connectivity index (χ0v) is 23.9. The number of halogens is 4. The number of nitrogen functional groups attached to an aromatic ring is 1. The van der Waals surface area contributed by atoms with Gasteiger partial charge in [0.25, 0.3) is 0 Å². The van der Waals surface area contributed by atoms with E-state index in [1.54, 1.807) is 6.07 Å². The van der Waals surface area contributed by atoms with Crippen LogP contribution < -0.4 is 20.7 Å². The summed E-state index contributed by atoms with van der Waals surface area (Å²) in [6.07, 6.45) is 1.44. The largest absolute Gasteiger partial charge is 0.459 e. The molecule has 0 spiro atoms. The zero-order valence-electron chi connectivity index (χ0n) is 22.3. The number of likely N-dealkylation sites (tertiary alicyclic amines) is 1. The van der Waals surface area contributed by atoms with Gasteiger partial charge in [-0.1, -0.05) is 22.9 Å². The molecule has 3 N–H and O–H groups in total. The van der Waals surface area contributed by atoms with E-state index in [0.717, 1.165) is 24.2 Å². The molecular weight excluding hydrogens is 575 g/mol. The third kappa shape index (κ3) is 4.94. The molecule has 216 valence electrons. The minimum Gasteiger partial charge on any atom is -0.459 e. The highest BCUT2D eigenvalue weighted by molar-refractivity contribution is 7.22. The molecule has 2 aromatic heterocycles. The number of ether oxygens (including phenoxy) is 1. The SMILES string of the molecule is C[C@@H](CN1CCC(F)C1)Oc1nc(N2CC3CCC(C2)N3)c2cc(Cl)c(-c3ccc(F)c4sc(N)nc34)c(F)c2n1. The minimum absolute atomic E-state index is 0.0382. The lowest BCUT2D eigenvalue weighted by atomic mass is 10.0. The second-order valence-electron chi connectivity index (χ2n) is 11.2. The van der Waals surface area contributed by atoms with E-state index >= 15 is 4.39 Å². The quantitative estimate of drug-likeness (QED) is 0.312. The van der Waals surface area contributed by atoms with Gasteiger partial charge in [0.05, 0.1) is 15.2 Å². The molecule has 3 fully saturated rings. The summed E-state index contributed by atoms with van der Waals surface area (Å²) in [5, 5.41) is 4.38. The molecule has 4 atom stereocenters. The van der Waals surface area contributed by atoms with E-state index in [9.17, 15) is 8.78 Å². The monoisotopic (exact) mass is 603 g/mol. The van der Waals surface area contributed by atoms with Crippen molar-refractivity contribution in [3.63, 3.8) is 0 Å². The highest BCUT2D eigenvalue weighted by atomic mass is 35.5. The van der Waals surface area contributed by atoms with Crippen LogP contribution in [0.5, 0.6) is 6.01 Å². The highest BCUT2D eigenvalue weighted by Gasteiger charge is 2.35. The second-order valence-corrected chi connectivity index (χ2v) is 12.7. The van der Waals surface area contributed by atoms with Crippen molar-refractivity contribution in [3.05, 3.63) is 34.9 Å². The number of benzene rings is 2. The molecular formula is C28H29ClF3N7OS. The maximum atomic E-state index is 16.6. The van der Waals surface area contributed by atoms with Crippen molar-refractivity contribution in [2.45, 2.75) is 50.5 Å². The first-order chi connectivity index (χ1) is 19.7. The smallest absolute Gasteiger partial charge is 0.319 e. The Morgan fingerprint density at radius 2 is 1.90 bits per heavy atom. The molecule has 3 aliphatic heterocycles. The minimum atomic E-state index is -0.836. The summed E-state index contributed by atoms with van der Waals surface area (Å²) < 4.78 is 51.2. The average Bonchev–Trinajstić information content (AvgIpc) is 3.63. The summed E-state index contributed by atoms with van der Waals surface area (Å²) in [6, 6.07) is 5.04. The van der Waals surface area contributed by atoms with Gasteiger partial charge in [-0.05, 0) is 44.4 Å². The molecule has 4 aromatic rings.